The number of hydrogen-bond acceptors (Lipinski definition) is 8. The van der Waals surface area contributed by atoms with Crippen molar-refractivity contribution in [1.29, 1.82) is 0 Å². The number of aryl methyl sites for hydroxylation is 1. The van der Waals surface area contributed by atoms with E-state index in [4.69, 9.17) is 25.6 Å². The van der Waals surface area contributed by atoms with Crippen molar-refractivity contribution in [3.63, 3.8) is 0 Å². The summed E-state index contributed by atoms with van der Waals surface area (Å²) >= 11 is 6.38. The first-order chi connectivity index (χ1) is 18.5. The van der Waals surface area contributed by atoms with Crippen LogP contribution >= 0.6 is 11.6 Å². The Morgan fingerprint density at radius 2 is 2.05 bits per heavy atom. The first-order valence-corrected chi connectivity index (χ1v) is 12.6. The van der Waals surface area contributed by atoms with Gasteiger partial charge in [-0.2, -0.15) is 0 Å². The molecular weight excluding hydrogens is 508 g/mol. The molecular formula is C28H27ClN4O5. The molecule has 5 rings (SSSR count). The van der Waals surface area contributed by atoms with Crippen molar-refractivity contribution >= 4 is 39.9 Å². The van der Waals surface area contributed by atoms with Gasteiger partial charge in [0.05, 0.1) is 43.1 Å². The number of nitrogens with one attached hydrogen (secondary N) is 2. The summed E-state index contributed by atoms with van der Waals surface area (Å²) in [5.41, 5.74) is 1.84. The monoisotopic (exact) mass is 534 g/mol. The van der Waals surface area contributed by atoms with Crippen LogP contribution in [0.15, 0.2) is 65.6 Å². The van der Waals surface area contributed by atoms with Gasteiger partial charge in [-0.3, -0.25) is 14.6 Å². The highest BCUT2D eigenvalue weighted by Crippen LogP contribution is 2.41. The van der Waals surface area contributed by atoms with Crippen LogP contribution in [0, 0.1) is 0 Å². The van der Waals surface area contributed by atoms with Crippen LogP contribution in [0.1, 0.15) is 29.7 Å². The summed E-state index contributed by atoms with van der Waals surface area (Å²) in [5, 5.41) is 12.9. The van der Waals surface area contributed by atoms with Crippen LogP contribution < -0.4 is 15.4 Å². The third kappa shape index (κ3) is 5.20. The molecule has 2 aromatic carbocycles. The van der Waals surface area contributed by atoms with Crippen molar-refractivity contribution in [2.75, 3.05) is 25.6 Å². The van der Waals surface area contributed by atoms with Crippen molar-refractivity contribution in [2.45, 2.75) is 31.2 Å². The fourth-order valence-corrected chi connectivity index (χ4v) is 4.97. The number of hydrogen-bond donors (Lipinski definition) is 2. The molecule has 0 spiro atoms. The average Bonchev–Trinajstić information content (AvgIpc) is 3.39. The minimum absolute atomic E-state index is 0.189. The maximum atomic E-state index is 14.1. The molecule has 9 nitrogen and oxygen atoms in total. The van der Waals surface area contributed by atoms with Crippen LogP contribution in [-0.2, 0) is 32.7 Å². The molecule has 4 aromatic rings. The number of anilines is 1. The Labute approximate surface area is 224 Å². The van der Waals surface area contributed by atoms with Crippen LogP contribution in [-0.4, -0.2) is 42.3 Å². The van der Waals surface area contributed by atoms with Gasteiger partial charge in [-0.05, 0) is 18.2 Å². The molecule has 0 saturated heterocycles. The topological polar surface area (TPSA) is 116 Å². The number of aromatic nitrogens is 2. The van der Waals surface area contributed by atoms with Crippen molar-refractivity contribution in [1.82, 2.24) is 15.5 Å². The van der Waals surface area contributed by atoms with Crippen molar-refractivity contribution in [3.8, 4) is 5.75 Å². The maximum Gasteiger partial charge on any atom is 0.305 e. The first-order valence-electron chi connectivity index (χ1n) is 12.3. The molecule has 0 radical (unpaired) electrons. The minimum Gasteiger partial charge on any atom is -0.493 e. The summed E-state index contributed by atoms with van der Waals surface area (Å²) < 4.78 is 15.8. The molecule has 196 valence electrons. The summed E-state index contributed by atoms with van der Waals surface area (Å²) in [6, 6.07) is 13.1. The highest BCUT2D eigenvalue weighted by molar-refractivity contribution is 6.30. The van der Waals surface area contributed by atoms with E-state index in [1.165, 1.54) is 7.11 Å². The predicted octanol–water partition coefficient (Wildman–Crippen LogP) is 4.43. The number of nitrogens with zero attached hydrogens (tertiary/aromatic N) is 2. The van der Waals surface area contributed by atoms with E-state index < -0.39 is 5.41 Å². The van der Waals surface area contributed by atoms with Crippen LogP contribution in [0.4, 0.5) is 5.69 Å². The number of pyridine rings is 1. The molecule has 0 saturated carbocycles. The van der Waals surface area contributed by atoms with Gasteiger partial charge in [-0.15, -0.1) is 0 Å². The second kappa shape index (κ2) is 11.2. The van der Waals surface area contributed by atoms with Gasteiger partial charge in [0.25, 0.3) is 0 Å². The van der Waals surface area contributed by atoms with E-state index in [1.807, 2.05) is 24.3 Å². The molecule has 0 aliphatic carbocycles. The van der Waals surface area contributed by atoms with Gasteiger partial charge in [-0.1, -0.05) is 41.0 Å². The molecule has 10 heteroatoms. The van der Waals surface area contributed by atoms with E-state index in [1.54, 1.807) is 36.9 Å². The summed E-state index contributed by atoms with van der Waals surface area (Å²) in [6.07, 6.45) is 6.00. The van der Waals surface area contributed by atoms with E-state index in [2.05, 4.69) is 20.8 Å². The zero-order valence-electron chi connectivity index (χ0n) is 20.8. The lowest BCUT2D eigenvalue weighted by atomic mass is 9.74. The first kappa shape index (κ1) is 25.7. The average molecular weight is 535 g/mol. The lowest BCUT2D eigenvalue weighted by Gasteiger charge is -2.38. The Balaban J connectivity index is 1.42. The minimum atomic E-state index is -0.973. The van der Waals surface area contributed by atoms with Gasteiger partial charge in [0.1, 0.15) is 12.0 Å². The normalized spacial score (nSPS) is 16.5. The van der Waals surface area contributed by atoms with Crippen molar-refractivity contribution < 1.29 is 23.6 Å². The maximum absolute atomic E-state index is 14.1. The molecule has 1 amide bonds. The van der Waals surface area contributed by atoms with E-state index in [0.717, 1.165) is 16.3 Å². The molecule has 0 fully saturated rings. The molecule has 0 bridgehead atoms. The van der Waals surface area contributed by atoms with Crippen LogP contribution in [0.5, 0.6) is 5.75 Å². The molecule has 2 N–H and O–H groups in total. The predicted molar refractivity (Wildman–Crippen MR) is 142 cm³/mol. The van der Waals surface area contributed by atoms with E-state index >= 15 is 0 Å². The third-order valence-corrected chi connectivity index (χ3v) is 7.09. The highest BCUT2D eigenvalue weighted by Gasteiger charge is 2.44. The second-order valence-electron chi connectivity index (χ2n) is 9.15. The van der Waals surface area contributed by atoms with Gasteiger partial charge in [-0.25, -0.2) is 0 Å². The Bertz CT molecular complexity index is 1470. The number of ether oxygens (including phenoxy) is 2. The van der Waals surface area contributed by atoms with Crippen LogP contribution in [0.25, 0.3) is 10.8 Å². The van der Waals surface area contributed by atoms with Crippen LogP contribution in [0.3, 0.4) is 0 Å². The van der Waals surface area contributed by atoms with E-state index in [0.29, 0.717) is 60.3 Å². The molecule has 2 aromatic heterocycles. The van der Waals surface area contributed by atoms with Gasteiger partial charge < -0.3 is 24.6 Å². The molecule has 1 atom stereocenters. The quantitative estimate of drug-likeness (QED) is 0.303. The molecule has 38 heavy (non-hydrogen) atoms. The van der Waals surface area contributed by atoms with Crippen molar-refractivity contribution in [3.05, 3.63) is 83.0 Å². The number of benzene rings is 2. The number of rotatable bonds is 9. The van der Waals surface area contributed by atoms with Gasteiger partial charge in [0.2, 0.25) is 5.91 Å². The Kier molecular flexibility index (Phi) is 7.57. The Hall–Kier alpha value is -3.95. The largest absolute Gasteiger partial charge is 0.493 e. The molecule has 1 aliphatic rings. The third-order valence-electron chi connectivity index (χ3n) is 6.86. The smallest absolute Gasteiger partial charge is 0.305 e. The number of halogens is 1. The molecule has 1 unspecified atom stereocenters. The number of carbonyl (C=O) groups is 2. The number of fused-ring (bicyclic) bond motifs is 2. The number of esters is 1. The highest BCUT2D eigenvalue weighted by atomic mass is 35.5. The summed E-state index contributed by atoms with van der Waals surface area (Å²) in [4.78, 5) is 30.0. The van der Waals surface area contributed by atoms with Gasteiger partial charge in [0.15, 0.2) is 0 Å². The fraction of sp³-hybridized carbons (Fsp3) is 0.286. The zero-order chi connectivity index (χ0) is 26.5. The number of carbonyl (C=O) groups excluding carboxylic acids is 2. The summed E-state index contributed by atoms with van der Waals surface area (Å²) in [5.74, 6) is 0.116. The van der Waals surface area contributed by atoms with Gasteiger partial charge >= 0.3 is 5.97 Å². The summed E-state index contributed by atoms with van der Waals surface area (Å²) in [7, 11) is 1.35. The fourth-order valence-electron chi connectivity index (χ4n) is 4.79. The Morgan fingerprint density at radius 3 is 2.92 bits per heavy atom. The molecule has 1 aliphatic heterocycles. The van der Waals surface area contributed by atoms with Crippen molar-refractivity contribution in [2.24, 2.45) is 0 Å². The summed E-state index contributed by atoms with van der Waals surface area (Å²) in [6.45, 7) is 1.06. The van der Waals surface area contributed by atoms with Crippen LogP contribution in [0.2, 0.25) is 5.02 Å². The van der Waals surface area contributed by atoms with E-state index in [9.17, 15) is 9.59 Å². The lowest BCUT2D eigenvalue weighted by molar-refractivity contribution is -0.140. The number of amides is 1. The molecule has 3 heterocycles. The number of methoxy groups -OCH3 is 1. The van der Waals surface area contributed by atoms with E-state index in [-0.39, 0.29) is 18.3 Å². The second-order valence-corrected chi connectivity index (χ2v) is 9.59. The Morgan fingerprint density at radius 1 is 1.18 bits per heavy atom. The standard InChI is InChI=1S/C28H27ClN4O5/c1-36-26(34)9-7-23-19(16-38-33-23)14-31-17-28(10-11-37-25-8-6-20(29)12-22(25)28)27(35)32-24-15-30-13-18-4-2-3-5-21(18)24/h2-6,8,12-13,15-16,31H,7,9-11,14,17H2,1H3,(H,32,35). The lowest BCUT2D eigenvalue weighted by Crippen LogP contribution is -2.50. The van der Waals surface area contributed by atoms with Gasteiger partial charge in [0, 0.05) is 59.0 Å². The SMILES string of the molecule is COC(=O)CCc1nocc1CNCC1(C(=O)Nc2cncc3ccccc23)CCOc2ccc(Cl)cc21. The zero-order valence-corrected chi connectivity index (χ0v) is 21.6.